The van der Waals surface area contributed by atoms with E-state index in [1.807, 2.05) is 59.2 Å². The number of fused-ring (bicyclic) bond motifs is 1. The minimum absolute atomic E-state index is 0.00305. The summed E-state index contributed by atoms with van der Waals surface area (Å²) in [5, 5.41) is 0. The van der Waals surface area contributed by atoms with Crippen LogP contribution in [0.1, 0.15) is 5.82 Å². The van der Waals surface area contributed by atoms with Crippen LogP contribution in [-0.2, 0) is 22.7 Å². The largest absolute Gasteiger partial charge is 0.377 e. The van der Waals surface area contributed by atoms with Gasteiger partial charge in [0.05, 0.1) is 11.0 Å². The zero-order chi connectivity index (χ0) is 16.2. The molecule has 3 aromatic rings. The zero-order valence-corrected chi connectivity index (χ0v) is 13.3. The highest BCUT2D eigenvalue weighted by atomic mass is 16.5. The molecular formula is C18H19N3O2. The van der Waals surface area contributed by atoms with Crippen LogP contribution in [-0.4, -0.2) is 29.6 Å². The summed E-state index contributed by atoms with van der Waals surface area (Å²) >= 11 is 0. The average Bonchev–Trinajstić information content (AvgIpc) is 2.93. The maximum Gasteiger partial charge on any atom is 0.246 e. The summed E-state index contributed by atoms with van der Waals surface area (Å²) in [6, 6.07) is 17.4. The van der Waals surface area contributed by atoms with Gasteiger partial charge in [-0.15, -0.1) is 0 Å². The van der Waals surface area contributed by atoms with Gasteiger partial charge in [0.25, 0.3) is 0 Å². The molecule has 1 aromatic heterocycles. The first kappa shape index (κ1) is 15.2. The van der Waals surface area contributed by atoms with E-state index < -0.39 is 0 Å². The summed E-state index contributed by atoms with van der Waals surface area (Å²) in [6.07, 6.45) is 0. The molecule has 0 saturated carbocycles. The number of amides is 1. The Morgan fingerprint density at radius 2 is 1.83 bits per heavy atom. The fraction of sp³-hybridized carbons (Fsp3) is 0.222. The fourth-order valence-electron chi connectivity index (χ4n) is 2.58. The molecule has 0 aliphatic rings. The summed E-state index contributed by atoms with van der Waals surface area (Å²) in [7, 11) is 3.41. The number of hydrogen-bond acceptors (Lipinski definition) is 3. The average molecular weight is 309 g/mol. The third-order valence-corrected chi connectivity index (χ3v) is 3.82. The topological polar surface area (TPSA) is 47.4 Å². The molecule has 0 aliphatic carbocycles. The number of nitrogens with zero attached hydrogens (tertiary/aromatic N) is 3. The molecule has 2 aromatic carbocycles. The van der Waals surface area contributed by atoms with Gasteiger partial charge in [0, 0.05) is 19.8 Å². The van der Waals surface area contributed by atoms with Crippen molar-refractivity contribution in [2.24, 2.45) is 0 Å². The highest BCUT2D eigenvalue weighted by Gasteiger charge is 2.16. The molecule has 1 amide bonds. The van der Waals surface area contributed by atoms with Gasteiger partial charge < -0.3 is 14.2 Å². The van der Waals surface area contributed by atoms with Gasteiger partial charge in [-0.1, -0.05) is 30.3 Å². The Morgan fingerprint density at radius 1 is 1.13 bits per heavy atom. The monoisotopic (exact) mass is 309 g/mol. The Morgan fingerprint density at radius 3 is 2.57 bits per heavy atom. The quantitative estimate of drug-likeness (QED) is 0.728. The molecule has 0 atom stereocenters. The fourth-order valence-corrected chi connectivity index (χ4v) is 2.58. The second kappa shape index (κ2) is 6.62. The summed E-state index contributed by atoms with van der Waals surface area (Å²) in [5.41, 5.74) is 2.68. The van der Waals surface area contributed by atoms with Crippen molar-refractivity contribution < 1.29 is 9.53 Å². The molecule has 3 rings (SSSR count). The summed E-state index contributed by atoms with van der Waals surface area (Å²) < 4.78 is 7.13. The van der Waals surface area contributed by atoms with E-state index in [0.29, 0.717) is 6.61 Å². The molecule has 0 fully saturated rings. The smallest absolute Gasteiger partial charge is 0.246 e. The highest BCUT2D eigenvalue weighted by Crippen LogP contribution is 2.18. The Kier molecular flexibility index (Phi) is 4.39. The van der Waals surface area contributed by atoms with Crippen molar-refractivity contribution in [1.29, 1.82) is 0 Å². The summed E-state index contributed by atoms with van der Waals surface area (Å²) in [5.74, 6) is 0.750. The van der Waals surface area contributed by atoms with Crippen molar-refractivity contribution in [3.05, 3.63) is 60.4 Å². The van der Waals surface area contributed by atoms with Crippen molar-refractivity contribution in [3.63, 3.8) is 0 Å². The number of imidazole rings is 1. The number of likely N-dealkylation sites (N-methyl/N-ethyl adjacent to an activating group) is 1. The first-order valence-electron chi connectivity index (χ1n) is 7.45. The van der Waals surface area contributed by atoms with Gasteiger partial charge in [0.2, 0.25) is 5.91 Å². The van der Waals surface area contributed by atoms with E-state index in [2.05, 4.69) is 4.98 Å². The minimum atomic E-state index is -0.00305. The Balaban J connectivity index is 1.91. The molecule has 0 spiro atoms. The molecule has 5 heteroatoms. The normalized spacial score (nSPS) is 10.9. The van der Waals surface area contributed by atoms with Gasteiger partial charge >= 0.3 is 0 Å². The minimum Gasteiger partial charge on any atom is -0.377 e. The number of ether oxygens (including phenoxy) is 1. The number of carbonyl (C=O) groups is 1. The number of anilines is 1. The lowest BCUT2D eigenvalue weighted by Gasteiger charge is -2.18. The predicted octanol–water partition coefficient (Wildman–Crippen LogP) is 2.85. The number of aromatic nitrogens is 2. The summed E-state index contributed by atoms with van der Waals surface area (Å²) in [6.45, 7) is 0.599. The van der Waals surface area contributed by atoms with Crippen molar-refractivity contribution in [1.82, 2.24) is 9.55 Å². The number of para-hydroxylation sites is 3. The summed E-state index contributed by atoms with van der Waals surface area (Å²) in [4.78, 5) is 18.9. The number of hydrogen-bond donors (Lipinski definition) is 0. The van der Waals surface area contributed by atoms with Crippen molar-refractivity contribution >= 4 is 22.6 Å². The maximum absolute atomic E-state index is 12.6. The van der Waals surface area contributed by atoms with E-state index in [0.717, 1.165) is 22.5 Å². The highest BCUT2D eigenvalue weighted by molar-refractivity contribution is 5.93. The van der Waals surface area contributed by atoms with Crippen LogP contribution >= 0.6 is 0 Å². The van der Waals surface area contributed by atoms with Crippen LogP contribution < -0.4 is 4.90 Å². The number of methoxy groups -OCH3 is 1. The van der Waals surface area contributed by atoms with Crippen molar-refractivity contribution in [2.75, 3.05) is 19.1 Å². The second-order valence-corrected chi connectivity index (χ2v) is 5.32. The molecule has 0 N–H and O–H groups in total. The van der Waals surface area contributed by atoms with E-state index >= 15 is 0 Å². The van der Waals surface area contributed by atoms with E-state index in [-0.39, 0.29) is 12.5 Å². The first-order valence-corrected chi connectivity index (χ1v) is 7.45. The van der Waals surface area contributed by atoms with Gasteiger partial charge in [0.15, 0.2) is 0 Å². The molecule has 118 valence electrons. The van der Waals surface area contributed by atoms with Crippen molar-refractivity contribution in [3.8, 4) is 0 Å². The van der Waals surface area contributed by atoms with Crippen LogP contribution in [0, 0.1) is 0 Å². The van der Waals surface area contributed by atoms with Gasteiger partial charge in [-0.3, -0.25) is 4.79 Å². The maximum atomic E-state index is 12.6. The van der Waals surface area contributed by atoms with Gasteiger partial charge in [-0.25, -0.2) is 4.98 Å². The second-order valence-electron chi connectivity index (χ2n) is 5.32. The number of carbonyl (C=O) groups excluding carboxylic acids is 1. The van der Waals surface area contributed by atoms with Crippen LogP contribution in [0.5, 0.6) is 0 Å². The first-order chi connectivity index (χ1) is 11.2. The van der Waals surface area contributed by atoms with E-state index in [4.69, 9.17) is 4.74 Å². The Bertz CT molecular complexity index is 812. The van der Waals surface area contributed by atoms with E-state index in [1.165, 1.54) is 0 Å². The SMILES string of the molecule is COCc1nc2ccccc2n1CC(=O)N(C)c1ccccc1. The molecule has 23 heavy (non-hydrogen) atoms. The van der Waals surface area contributed by atoms with Crippen LogP contribution in [0.15, 0.2) is 54.6 Å². The number of rotatable bonds is 5. The lowest BCUT2D eigenvalue weighted by Crippen LogP contribution is -2.30. The molecular weight excluding hydrogens is 290 g/mol. The lowest BCUT2D eigenvalue weighted by molar-refractivity contribution is -0.118. The van der Waals surface area contributed by atoms with Crippen LogP contribution in [0.3, 0.4) is 0 Å². The Labute approximate surface area is 135 Å². The molecule has 0 bridgehead atoms. The molecule has 0 unspecified atom stereocenters. The van der Waals surface area contributed by atoms with E-state index in [9.17, 15) is 4.79 Å². The van der Waals surface area contributed by atoms with Gasteiger partial charge in [-0.05, 0) is 24.3 Å². The lowest BCUT2D eigenvalue weighted by atomic mass is 10.3. The zero-order valence-electron chi connectivity index (χ0n) is 13.3. The molecule has 0 aliphatic heterocycles. The van der Waals surface area contributed by atoms with Crippen LogP contribution in [0.2, 0.25) is 0 Å². The van der Waals surface area contributed by atoms with Gasteiger partial charge in [0.1, 0.15) is 19.0 Å². The van der Waals surface area contributed by atoms with Crippen molar-refractivity contribution in [2.45, 2.75) is 13.2 Å². The molecule has 1 heterocycles. The van der Waals surface area contributed by atoms with Gasteiger partial charge in [-0.2, -0.15) is 0 Å². The van der Waals surface area contributed by atoms with Crippen LogP contribution in [0.4, 0.5) is 5.69 Å². The standard InChI is InChI=1S/C18H19N3O2/c1-20(14-8-4-3-5-9-14)18(22)12-21-16-11-7-6-10-15(16)19-17(21)13-23-2/h3-11H,12-13H2,1-2H3. The van der Waals surface area contributed by atoms with Crippen LogP contribution in [0.25, 0.3) is 11.0 Å². The van der Waals surface area contributed by atoms with E-state index in [1.54, 1.807) is 19.1 Å². The molecule has 0 radical (unpaired) electrons. The Hall–Kier alpha value is -2.66. The predicted molar refractivity (Wildman–Crippen MR) is 90.3 cm³/mol. The third-order valence-electron chi connectivity index (χ3n) is 3.82. The molecule has 0 saturated heterocycles. The number of benzene rings is 2. The third kappa shape index (κ3) is 3.10. The molecule has 5 nitrogen and oxygen atoms in total.